The van der Waals surface area contributed by atoms with Gasteiger partial charge in [0.1, 0.15) is 3.57 Å². The molecule has 0 saturated heterocycles. The lowest BCUT2D eigenvalue weighted by atomic mass is 10.2. The first-order chi connectivity index (χ1) is 9.14. The molecule has 0 aliphatic heterocycles. The van der Waals surface area contributed by atoms with E-state index in [0.717, 1.165) is 13.2 Å². The molecule has 0 aliphatic rings. The van der Waals surface area contributed by atoms with E-state index in [2.05, 4.69) is 14.5 Å². The van der Waals surface area contributed by atoms with Crippen molar-refractivity contribution >= 4 is 34.4 Å². The number of carbonyl (C=O) groups is 1. The Bertz CT molecular complexity index is 549. The van der Waals surface area contributed by atoms with E-state index in [9.17, 15) is 28.1 Å². The lowest BCUT2D eigenvalue weighted by molar-refractivity contribution is -0.391. The van der Waals surface area contributed by atoms with Gasteiger partial charge in [0.25, 0.3) is 0 Å². The molecule has 0 N–H and O–H groups in total. The number of nitrogens with zero attached hydrogens (tertiary/aromatic N) is 2. The highest BCUT2D eigenvalue weighted by molar-refractivity contribution is 14.1. The Labute approximate surface area is 123 Å². The number of pyridine rings is 1. The number of methoxy groups -OCH3 is 1. The second kappa shape index (κ2) is 6.19. The maximum atomic E-state index is 12.2. The van der Waals surface area contributed by atoms with E-state index < -0.39 is 35.4 Å². The third kappa shape index (κ3) is 4.47. The van der Waals surface area contributed by atoms with Gasteiger partial charge in [0.2, 0.25) is 0 Å². The molecule has 0 amide bonds. The third-order valence-electron chi connectivity index (χ3n) is 1.94. The molecule has 1 aromatic rings. The summed E-state index contributed by atoms with van der Waals surface area (Å²) in [6, 6.07) is 1.02. The van der Waals surface area contributed by atoms with Crippen LogP contribution in [0.4, 0.5) is 19.0 Å². The molecule has 7 nitrogen and oxygen atoms in total. The van der Waals surface area contributed by atoms with Crippen molar-refractivity contribution in [1.29, 1.82) is 0 Å². The van der Waals surface area contributed by atoms with Crippen LogP contribution in [0.3, 0.4) is 0 Å². The molecule has 0 atom stereocenters. The van der Waals surface area contributed by atoms with Gasteiger partial charge in [0.15, 0.2) is 0 Å². The Balaban J connectivity index is 3.29. The number of aromatic nitrogens is 1. The van der Waals surface area contributed by atoms with Gasteiger partial charge < -0.3 is 19.6 Å². The number of hydrogen-bond donors (Lipinski definition) is 0. The van der Waals surface area contributed by atoms with Gasteiger partial charge in [-0.3, -0.25) is 4.79 Å². The molecule has 0 aliphatic carbocycles. The van der Waals surface area contributed by atoms with Crippen molar-refractivity contribution < 1.29 is 32.4 Å². The standard InChI is InChI=1S/C9H6F3IN2O5/c1-19-6(16)3-4-2-5(13)7(15(17)18)14-8(4)20-9(10,11)12/h2H,3H2,1H3. The van der Waals surface area contributed by atoms with Crippen molar-refractivity contribution in [3.05, 3.63) is 25.3 Å². The van der Waals surface area contributed by atoms with Crippen LogP contribution in [0.5, 0.6) is 5.88 Å². The van der Waals surface area contributed by atoms with Crippen LogP contribution < -0.4 is 4.74 Å². The molecule has 0 saturated carbocycles. The van der Waals surface area contributed by atoms with Crippen molar-refractivity contribution in [2.24, 2.45) is 0 Å². The van der Waals surface area contributed by atoms with E-state index in [1.807, 2.05) is 0 Å². The Hall–Kier alpha value is -1.66. The summed E-state index contributed by atoms with van der Waals surface area (Å²) in [4.78, 5) is 24.0. The summed E-state index contributed by atoms with van der Waals surface area (Å²) in [5, 5.41) is 10.6. The van der Waals surface area contributed by atoms with Crippen LogP contribution in [0.25, 0.3) is 0 Å². The molecule has 110 valence electrons. The second-order valence-corrected chi connectivity index (χ2v) is 4.48. The van der Waals surface area contributed by atoms with Crippen LogP contribution in [0.2, 0.25) is 0 Å². The van der Waals surface area contributed by atoms with Crippen LogP contribution in [-0.2, 0) is 16.0 Å². The summed E-state index contributed by atoms with van der Waals surface area (Å²) in [5.41, 5.74) is -0.260. The molecule has 0 aromatic carbocycles. The number of carbonyl (C=O) groups excluding carboxylic acids is 1. The first kappa shape index (κ1) is 16.4. The van der Waals surface area contributed by atoms with Crippen molar-refractivity contribution in [2.45, 2.75) is 12.8 Å². The van der Waals surface area contributed by atoms with Crippen LogP contribution in [0.1, 0.15) is 5.56 Å². The zero-order valence-corrected chi connectivity index (χ0v) is 11.9. The van der Waals surface area contributed by atoms with Crippen LogP contribution in [0.15, 0.2) is 6.07 Å². The summed E-state index contributed by atoms with van der Waals surface area (Å²) in [6.07, 6.45) is -5.64. The monoisotopic (exact) mass is 406 g/mol. The van der Waals surface area contributed by atoms with Gasteiger partial charge in [0, 0.05) is 4.98 Å². The maximum Gasteiger partial charge on any atom is 0.575 e. The van der Waals surface area contributed by atoms with Gasteiger partial charge in [-0.2, -0.15) is 0 Å². The SMILES string of the molecule is COC(=O)Cc1cc(I)c([N+](=O)[O-])nc1OC(F)(F)F. The van der Waals surface area contributed by atoms with Crippen LogP contribution in [-0.4, -0.2) is 29.3 Å². The topological polar surface area (TPSA) is 91.6 Å². The Morgan fingerprint density at radius 2 is 2.15 bits per heavy atom. The molecule has 20 heavy (non-hydrogen) atoms. The van der Waals surface area contributed by atoms with E-state index in [1.165, 1.54) is 22.6 Å². The fourth-order valence-electron chi connectivity index (χ4n) is 1.18. The fraction of sp³-hybridized carbons (Fsp3) is 0.333. The van der Waals surface area contributed by atoms with Gasteiger partial charge in [0.05, 0.1) is 19.1 Å². The van der Waals surface area contributed by atoms with E-state index in [-0.39, 0.29) is 9.13 Å². The number of hydrogen-bond acceptors (Lipinski definition) is 6. The minimum atomic E-state index is -5.08. The Morgan fingerprint density at radius 3 is 2.60 bits per heavy atom. The third-order valence-corrected chi connectivity index (χ3v) is 2.74. The van der Waals surface area contributed by atoms with E-state index >= 15 is 0 Å². The van der Waals surface area contributed by atoms with E-state index in [4.69, 9.17) is 0 Å². The highest BCUT2D eigenvalue weighted by Gasteiger charge is 2.36. The number of nitro groups is 1. The number of esters is 1. The summed E-state index contributed by atoms with van der Waals surface area (Å²) in [5.74, 6) is -2.67. The predicted octanol–water partition coefficient (Wildman–Crippen LogP) is 2.21. The minimum Gasteiger partial charge on any atom is -0.469 e. The summed E-state index contributed by atoms with van der Waals surface area (Å²) in [6.45, 7) is 0. The molecule has 1 heterocycles. The molecule has 11 heteroatoms. The highest BCUT2D eigenvalue weighted by atomic mass is 127. The van der Waals surface area contributed by atoms with Crippen molar-refractivity contribution in [1.82, 2.24) is 4.98 Å². The summed E-state index contributed by atoms with van der Waals surface area (Å²) >= 11 is 1.52. The van der Waals surface area contributed by atoms with E-state index in [0.29, 0.717) is 0 Å². The second-order valence-electron chi connectivity index (χ2n) is 3.32. The maximum absolute atomic E-state index is 12.2. The summed E-state index contributed by atoms with van der Waals surface area (Å²) in [7, 11) is 1.05. The van der Waals surface area contributed by atoms with Gasteiger partial charge in [-0.15, -0.1) is 13.2 Å². The first-order valence-electron chi connectivity index (χ1n) is 4.80. The van der Waals surface area contributed by atoms with Crippen molar-refractivity contribution in [3.8, 4) is 5.88 Å². The Kier molecular flexibility index (Phi) is 5.08. The molecule has 1 rings (SSSR count). The molecular weight excluding hydrogens is 400 g/mol. The molecule has 0 radical (unpaired) electrons. The van der Waals surface area contributed by atoms with Crippen molar-refractivity contribution in [3.63, 3.8) is 0 Å². The van der Waals surface area contributed by atoms with E-state index in [1.54, 1.807) is 0 Å². The average molecular weight is 406 g/mol. The quantitative estimate of drug-likeness (QED) is 0.330. The first-order valence-corrected chi connectivity index (χ1v) is 5.88. The molecule has 0 spiro atoms. The lowest BCUT2D eigenvalue weighted by Crippen LogP contribution is -2.20. The largest absolute Gasteiger partial charge is 0.575 e. The normalized spacial score (nSPS) is 11.1. The molecule has 0 bridgehead atoms. The van der Waals surface area contributed by atoms with Crippen LogP contribution >= 0.6 is 22.6 Å². The minimum absolute atomic E-state index is 0.0268. The molecule has 0 fully saturated rings. The number of rotatable bonds is 4. The number of ether oxygens (including phenoxy) is 2. The number of halogens is 4. The molecule has 1 aromatic heterocycles. The number of alkyl halides is 3. The zero-order valence-electron chi connectivity index (χ0n) is 9.73. The molecular formula is C9H6F3IN2O5. The average Bonchev–Trinajstić information content (AvgIpc) is 2.30. The zero-order chi connectivity index (χ0) is 15.5. The van der Waals surface area contributed by atoms with Gasteiger partial charge in [-0.1, -0.05) is 0 Å². The lowest BCUT2D eigenvalue weighted by Gasteiger charge is -2.09. The Morgan fingerprint density at radius 1 is 1.55 bits per heavy atom. The predicted molar refractivity (Wildman–Crippen MR) is 66.0 cm³/mol. The summed E-state index contributed by atoms with van der Waals surface area (Å²) < 4.78 is 44.6. The van der Waals surface area contributed by atoms with Gasteiger partial charge in [-0.05, 0) is 33.6 Å². The van der Waals surface area contributed by atoms with Gasteiger partial charge >= 0.3 is 24.0 Å². The smallest absolute Gasteiger partial charge is 0.469 e. The van der Waals surface area contributed by atoms with Gasteiger partial charge in [-0.25, -0.2) is 0 Å². The van der Waals surface area contributed by atoms with Crippen LogP contribution in [0, 0.1) is 13.7 Å². The highest BCUT2D eigenvalue weighted by Crippen LogP contribution is 2.30. The fourth-order valence-corrected chi connectivity index (χ4v) is 1.87. The molecule has 0 unspecified atom stereocenters. The van der Waals surface area contributed by atoms with Crippen molar-refractivity contribution in [2.75, 3.05) is 7.11 Å².